The highest BCUT2D eigenvalue weighted by Crippen LogP contribution is 2.16. The smallest absolute Gasteiger partial charge is 0.409 e. The molecule has 1 aromatic carbocycles. The second kappa shape index (κ2) is 12.7. The molecule has 38 heavy (non-hydrogen) atoms. The summed E-state index contributed by atoms with van der Waals surface area (Å²) in [5.41, 5.74) is 4.81. The summed E-state index contributed by atoms with van der Waals surface area (Å²) in [5.74, 6) is -1.95. The van der Waals surface area contributed by atoms with Crippen LogP contribution in [0.25, 0.3) is 0 Å². The molecule has 3 amide bonds. The molecule has 3 rings (SSSR count). The van der Waals surface area contributed by atoms with E-state index in [9.17, 15) is 23.2 Å². The summed E-state index contributed by atoms with van der Waals surface area (Å²) in [6, 6.07) is 2.13. The summed E-state index contributed by atoms with van der Waals surface area (Å²) in [6.45, 7) is 4.91. The van der Waals surface area contributed by atoms with Gasteiger partial charge in [0.05, 0.1) is 25.3 Å². The Hall–Kier alpha value is -3.72. The highest BCUT2D eigenvalue weighted by molar-refractivity contribution is 5.85. The van der Waals surface area contributed by atoms with Gasteiger partial charge in [0, 0.05) is 37.7 Å². The van der Waals surface area contributed by atoms with Crippen LogP contribution in [0.5, 0.6) is 0 Å². The summed E-state index contributed by atoms with van der Waals surface area (Å²) in [4.78, 5) is 37.7. The summed E-state index contributed by atoms with van der Waals surface area (Å²) in [6.07, 6.45) is 0.0962. The van der Waals surface area contributed by atoms with Crippen molar-refractivity contribution in [2.24, 2.45) is 5.73 Å². The van der Waals surface area contributed by atoms with Crippen LogP contribution in [0.2, 0.25) is 0 Å². The SMILES string of the molecule is CC(=O)NC1CCN(C(=O)OCCn2nnnc2C(COCc2ccc(F)cc2F)NC(=O)C(C)(C)N)C1. The first-order chi connectivity index (χ1) is 17.9. The van der Waals surface area contributed by atoms with Gasteiger partial charge in [-0.05, 0) is 36.8 Å². The molecule has 15 heteroatoms. The second-order valence-electron chi connectivity index (χ2n) is 9.51. The number of carbonyl (C=O) groups excluding carboxylic acids is 3. The van der Waals surface area contributed by atoms with Crippen LogP contribution in [0, 0.1) is 11.6 Å². The lowest BCUT2D eigenvalue weighted by Crippen LogP contribution is -2.51. The fraction of sp³-hybridized carbons (Fsp3) is 0.565. The van der Waals surface area contributed by atoms with Crippen LogP contribution < -0.4 is 16.4 Å². The van der Waals surface area contributed by atoms with Crippen molar-refractivity contribution in [3.63, 3.8) is 0 Å². The third-order valence-corrected chi connectivity index (χ3v) is 5.70. The monoisotopic (exact) mass is 538 g/mol. The highest BCUT2D eigenvalue weighted by atomic mass is 19.1. The van der Waals surface area contributed by atoms with Crippen molar-refractivity contribution in [1.29, 1.82) is 0 Å². The molecule has 1 aliphatic rings. The van der Waals surface area contributed by atoms with Crippen molar-refractivity contribution in [3.05, 3.63) is 41.2 Å². The second-order valence-corrected chi connectivity index (χ2v) is 9.51. The standard InChI is InChI=1S/C23H32F2N8O5/c1-14(34)27-17-6-7-32(11-17)22(36)38-9-8-33-20(29-30-31-33)19(28-21(35)23(2,3)26)13-37-12-15-4-5-16(24)10-18(15)25/h4-5,10,17,19H,6-9,11-13,26H2,1-3H3,(H,27,34)(H,28,35). The zero-order valence-electron chi connectivity index (χ0n) is 21.4. The molecular weight excluding hydrogens is 506 g/mol. The van der Waals surface area contributed by atoms with Crippen molar-refractivity contribution in [2.45, 2.75) is 58.0 Å². The minimum absolute atomic E-state index is 0.0666. The molecule has 0 radical (unpaired) electrons. The number of amides is 3. The van der Waals surface area contributed by atoms with Crippen LogP contribution >= 0.6 is 0 Å². The van der Waals surface area contributed by atoms with Gasteiger partial charge in [-0.2, -0.15) is 0 Å². The van der Waals surface area contributed by atoms with E-state index in [1.165, 1.54) is 36.4 Å². The maximum absolute atomic E-state index is 14.0. The van der Waals surface area contributed by atoms with Crippen LogP contribution in [0.4, 0.5) is 13.6 Å². The van der Waals surface area contributed by atoms with E-state index in [4.69, 9.17) is 15.2 Å². The van der Waals surface area contributed by atoms with Gasteiger partial charge in [0.2, 0.25) is 11.8 Å². The van der Waals surface area contributed by atoms with E-state index in [1.54, 1.807) is 0 Å². The van der Waals surface area contributed by atoms with Gasteiger partial charge >= 0.3 is 6.09 Å². The molecule has 2 atom stereocenters. The first-order valence-electron chi connectivity index (χ1n) is 12.0. The Morgan fingerprint density at radius 2 is 2.05 bits per heavy atom. The fourth-order valence-electron chi connectivity index (χ4n) is 3.71. The fourth-order valence-corrected chi connectivity index (χ4v) is 3.71. The zero-order chi connectivity index (χ0) is 27.9. The number of benzene rings is 1. The number of rotatable bonds is 11. The Morgan fingerprint density at radius 1 is 1.29 bits per heavy atom. The first-order valence-corrected chi connectivity index (χ1v) is 12.0. The molecule has 1 saturated heterocycles. The number of halogens is 2. The Balaban J connectivity index is 1.60. The minimum Gasteiger partial charge on any atom is -0.447 e. The van der Waals surface area contributed by atoms with Crippen molar-refractivity contribution < 1.29 is 32.6 Å². The largest absolute Gasteiger partial charge is 0.447 e. The van der Waals surface area contributed by atoms with Crippen LogP contribution in [0.15, 0.2) is 18.2 Å². The molecule has 2 heterocycles. The Labute approximate surface area is 218 Å². The molecule has 2 aromatic rings. The zero-order valence-corrected chi connectivity index (χ0v) is 21.4. The lowest BCUT2D eigenvalue weighted by Gasteiger charge is -2.24. The van der Waals surface area contributed by atoms with Gasteiger partial charge in [0.1, 0.15) is 24.3 Å². The number of aromatic nitrogens is 4. The number of nitrogens with one attached hydrogen (secondary N) is 2. The molecule has 1 aromatic heterocycles. The quantitative estimate of drug-likeness (QED) is 0.367. The van der Waals surface area contributed by atoms with E-state index in [1.807, 2.05) is 0 Å². The predicted octanol–water partition coefficient (Wildman–Crippen LogP) is 0.410. The van der Waals surface area contributed by atoms with Gasteiger partial charge < -0.3 is 30.7 Å². The van der Waals surface area contributed by atoms with E-state index in [-0.39, 0.29) is 49.7 Å². The third kappa shape index (κ3) is 8.14. The summed E-state index contributed by atoms with van der Waals surface area (Å²) >= 11 is 0. The lowest BCUT2D eigenvalue weighted by atomic mass is 10.1. The molecule has 1 aliphatic heterocycles. The van der Waals surface area contributed by atoms with Crippen molar-refractivity contribution in [1.82, 2.24) is 35.7 Å². The average molecular weight is 539 g/mol. The molecule has 2 unspecified atom stereocenters. The normalized spacial score (nSPS) is 16.3. The van der Waals surface area contributed by atoms with Gasteiger partial charge in [0.15, 0.2) is 5.82 Å². The van der Waals surface area contributed by atoms with Gasteiger partial charge in [0.25, 0.3) is 0 Å². The third-order valence-electron chi connectivity index (χ3n) is 5.70. The van der Waals surface area contributed by atoms with E-state index in [0.29, 0.717) is 19.5 Å². The molecule has 0 bridgehead atoms. The molecular formula is C23H32F2N8O5. The predicted molar refractivity (Wildman–Crippen MR) is 128 cm³/mol. The van der Waals surface area contributed by atoms with E-state index in [0.717, 1.165) is 12.1 Å². The summed E-state index contributed by atoms with van der Waals surface area (Å²) in [7, 11) is 0. The minimum atomic E-state index is -1.22. The summed E-state index contributed by atoms with van der Waals surface area (Å²) in [5, 5.41) is 17.0. The number of hydrogen-bond acceptors (Lipinski definition) is 9. The number of hydrogen-bond donors (Lipinski definition) is 3. The highest BCUT2D eigenvalue weighted by Gasteiger charge is 2.30. The lowest BCUT2D eigenvalue weighted by molar-refractivity contribution is -0.126. The van der Waals surface area contributed by atoms with Gasteiger partial charge in [-0.25, -0.2) is 18.3 Å². The van der Waals surface area contributed by atoms with Crippen LogP contribution in [-0.4, -0.2) is 80.9 Å². The van der Waals surface area contributed by atoms with Gasteiger partial charge in [-0.1, -0.05) is 6.07 Å². The van der Waals surface area contributed by atoms with Crippen LogP contribution in [0.3, 0.4) is 0 Å². The van der Waals surface area contributed by atoms with Crippen molar-refractivity contribution in [3.8, 4) is 0 Å². The van der Waals surface area contributed by atoms with Crippen LogP contribution in [0.1, 0.15) is 44.6 Å². The molecule has 0 saturated carbocycles. The maximum Gasteiger partial charge on any atom is 0.409 e. The maximum atomic E-state index is 14.0. The topological polar surface area (TPSA) is 167 Å². The molecule has 1 fully saturated rings. The number of nitrogens with two attached hydrogens (primary N) is 1. The van der Waals surface area contributed by atoms with Gasteiger partial charge in [-0.3, -0.25) is 9.59 Å². The summed E-state index contributed by atoms with van der Waals surface area (Å²) < 4.78 is 39.4. The van der Waals surface area contributed by atoms with Crippen LogP contribution in [-0.2, 0) is 32.2 Å². The molecule has 13 nitrogen and oxygen atoms in total. The molecule has 0 spiro atoms. The first kappa shape index (κ1) is 28.8. The number of likely N-dealkylation sites (tertiary alicyclic amines) is 1. The molecule has 4 N–H and O–H groups in total. The van der Waals surface area contributed by atoms with E-state index < -0.39 is 35.2 Å². The Bertz CT molecular complexity index is 1140. The van der Waals surface area contributed by atoms with E-state index >= 15 is 0 Å². The molecule has 208 valence electrons. The molecule has 0 aliphatic carbocycles. The average Bonchev–Trinajstić information content (AvgIpc) is 3.48. The number of tetrazole rings is 1. The number of ether oxygens (including phenoxy) is 2. The number of carbonyl (C=O) groups is 3. The number of nitrogens with zero attached hydrogens (tertiary/aromatic N) is 5. The van der Waals surface area contributed by atoms with Crippen molar-refractivity contribution in [2.75, 3.05) is 26.3 Å². The van der Waals surface area contributed by atoms with Gasteiger partial charge in [-0.15, -0.1) is 5.10 Å². The Kier molecular flexibility index (Phi) is 9.63. The Morgan fingerprint density at radius 3 is 2.74 bits per heavy atom. The van der Waals surface area contributed by atoms with E-state index in [2.05, 4.69) is 26.2 Å². The van der Waals surface area contributed by atoms with Crippen molar-refractivity contribution >= 4 is 17.9 Å².